The molecule has 0 aliphatic heterocycles. The van der Waals surface area contributed by atoms with E-state index >= 15 is 0 Å². The molecule has 2 heterocycles. The van der Waals surface area contributed by atoms with Gasteiger partial charge in [0.05, 0.1) is 11.3 Å². The molecule has 0 aliphatic carbocycles. The first-order valence-electron chi connectivity index (χ1n) is 11.3. The lowest BCUT2D eigenvalue weighted by atomic mass is 10.1. The van der Waals surface area contributed by atoms with Gasteiger partial charge in [0, 0.05) is 5.56 Å². The normalized spacial score (nSPS) is 11.2. The lowest BCUT2D eigenvalue weighted by Gasteiger charge is -2.07. The van der Waals surface area contributed by atoms with Gasteiger partial charge in [-0.3, -0.25) is 4.79 Å². The van der Waals surface area contributed by atoms with Gasteiger partial charge in [0.25, 0.3) is 5.91 Å². The smallest absolute Gasteiger partial charge is 0.343 e. The van der Waals surface area contributed by atoms with Crippen LogP contribution in [-0.4, -0.2) is 42.9 Å². The molecule has 2 aromatic heterocycles. The molecule has 38 heavy (non-hydrogen) atoms. The molecule has 1 amide bonds. The van der Waals surface area contributed by atoms with E-state index in [4.69, 9.17) is 10.5 Å². The average molecular weight is 508 g/mol. The molecule has 5 rings (SSSR count). The predicted octanol–water partition coefficient (Wildman–Crippen LogP) is 3.27. The van der Waals surface area contributed by atoms with Crippen molar-refractivity contribution in [3.8, 4) is 22.8 Å². The molecule has 0 fully saturated rings. The molecule has 12 nitrogen and oxygen atoms in total. The summed E-state index contributed by atoms with van der Waals surface area (Å²) in [5, 5.41) is 19.7. The van der Waals surface area contributed by atoms with Gasteiger partial charge in [-0.05, 0) is 59.2 Å². The van der Waals surface area contributed by atoms with Crippen LogP contribution in [0.25, 0.3) is 17.1 Å². The van der Waals surface area contributed by atoms with Crippen molar-refractivity contribution < 1.29 is 19.0 Å². The number of amides is 1. The maximum atomic E-state index is 13.3. The number of nitrogen functional groups attached to an aromatic ring is 1. The molecule has 0 unspecified atom stereocenters. The third-order valence-electron chi connectivity index (χ3n) is 5.45. The molecule has 0 bridgehead atoms. The molecule has 0 atom stereocenters. The van der Waals surface area contributed by atoms with Crippen LogP contribution in [0, 0.1) is 0 Å². The molecular weight excluding hydrogens is 488 g/mol. The largest absolute Gasteiger partial charge is 0.423 e. The van der Waals surface area contributed by atoms with E-state index in [0.29, 0.717) is 33.8 Å². The second-order valence-corrected chi connectivity index (χ2v) is 7.96. The molecular formula is C26H20N8O4. The molecule has 3 N–H and O–H groups in total. The standard InChI is InChI=1S/C26H20N8O4/c1-16(17-12-14-20(15-13-17)37-26(36)19-10-6-3-7-11-19)28-30-25(35)22-21(18-8-4-2-5-9-18)29-33-34(22)24-23(27)31-38-32-24/h2-15H,1H3,(H2,27,31)(H,30,35)/b28-16+. The zero-order valence-corrected chi connectivity index (χ0v) is 20.0. The van der Waals surface area contributed by atoms with Crippen LogP contribution in [0.3, 0.4) is 0 Å². The first kappa shape index (κ1) is 24.1. The number of carbonyl (C=O) groups is 2. The number of rotatable bonds is 7. The minimum atomic E-state index is -0.607. The molecule has 3 aromatic carbocycles. The summed E-state index contributed by atoms with van der Waals surface area (Å²) in [5.74, 6) is -0.731. The number of aromatic nitrogens is 5. The number of anilines is 1. The van der Waals surface area contributed by atoms with Crippen molar-refractivity contribution in [2.75, 3.05) is 5.73 Å². The van der Waals surface area contributed by atoms with Crippen molar-refractivity contribution in [3.63, 3.8) is 0 Å². The summed E-state index contributed by atoms with van der Waals surface area (Å²) in [4.78, 5) is 25.5. The number of nitrogens with one attached hydrogen (secondary N) is 1. The first-order chi connectivity index (χ1) is 18.5. The van der Waals surface area contributed by atoms with Crippen molar-refractivity contribution in [2.24, 2.45) is 5.10 Å². The minimum absolute atomic E-state index is 0.0196. The first-order valence-corrected chi connectivity index (χ1v) is 11.3. The summed E-state index contributed by atoms with van der Waals surface area (Å²) < 4.78 is 11.2. The Bertz CT molecular complexity index is 1610. The lowest BCUT2D eigenvalue weighted by Crippen LogP contribution is -2.23. The zero-order chi connectivity index (χ0) is 26.5. The zero-order valence-electron chi connectivity index (χ0n) is 20.0. The van der Waals surface area contributed by atoms with E-state index in [0.717, 1.165) is 4.68 Å². The Morgan fingerprint density at radius 3 is 2.26 bits per heavy atom. The summed E-state index contributed by atoms with van der Waals surface area (Å²) in [5.41, 5.74) is 11.0. The SMILES string of the molecule is C/C(=N\NC(=O)c1c(-c2ccccc2)nnn1-c1nonc1N)c1ccc(OC(=O)c2ccccc2)cc1. The van der Waals surface area contributed by atoms with Crippen LogP contribution in [0.1, 0.15) is 33.3 Å². The van der Waals surface area contributed by atoms with Crippen LogP contribution < -0.4 is 15.9 Å². The third-order valence-corrected chi connectivity index (χ3v) is 5.45. The number of nitrogens with two attached hydrogens (primary N) is 1. The fourth-order valence-corrected chi connectivity index (χ4v) is 3.52. The van der Waals surface area contributed by atoms with Gasteiger partial charge in [-0.2, -0.15) is 9.78 Å². The molecule has 0 spiro atoms. The van der Waals surface area contributed by atoms with Crippen LogP contribution in [0.15, 0.2) is 94.7 Å². The lowest BCUT2D eigenvalue weighted by molar-refractivity contribution is 0.0734. The van der Waals surface area contributed by atoms with E-state index < -0.39 is 11.9 Å². The number of nitrogens with zero attached hydrogens (tertiary/aromatic N) is 6. The summed E-state index contributed by atoms with van der Waals surface area (Å²) >= 11 is 0. The number of esters is 1. The van der Waals surface area contributed by atoms with E-state index in [1.807, 2.05) is 24.3 Å². The van der Waals surface area contributed by atoms with E-state index in [1.165, 1.54) is 0 Å². The molecule has 188 valence electrons. The van der Waals surface area contributed by atoms with Gasteiger partial charge in [0.1, 0.15) is 11.4 Å². The third kappa shape index (κ3) is 4.99. The van der Waals surface area contributed by atoms with Crippen LogP contribution >= 0.6 is 0 Å². The van der Waals surface area contributed by atoms with Gasteiger partial charge < -0.3 is 10.5 Å². The maximum absolute atomic E-state index is 13.3. The van der Waals surface area contributed by atoms with Crippen molar-refractivity contribution in [2.45, 2.75) is 6.92 Å². The van der Waals surface area contributed by atoms with E-state index in [9.17, 15) is 9.59 Å². The molecule has 12 heteroatoms. The number of hydrogen-bond acceptors (Lipinski definition) is 10. The number of hydrazone groups is 1. The number of benzene rings is 3. The maximum Gasteiger partial charge on any atom is 0.343 e. The van der Waals surface area contributed by atoms with Crippen LogP contribution in [0.5, 0.6) is 5.75 Å². The second kappa shape index (κ2) is 10.5. The van der Waals surface area contributed by atoms with Gasteiger partial charge in [-0.25, -0.2) is 14.8 Å². The van der Waals surface area contributed by atoms with Crippen LogP contribution in [-0.2, 0) is 0 Å². The number of ether oxygens (including phenoxy) is 1. The topological polar surface area (TPSA) is 163 Å². The van der Waals surface area contributed by atoms with Gasteiger partial charge in [0.15, 0.2) is 5.69 Å². The summed E-state index contributed by atoms with van der Waals surface area (Å²) in [6, 6.07) is 24.5. The average Bonchev–Trinajstić information content (AvgIpc) is 3.59. The van der Waals surface area contributed by atoms with E-state index in [1.54, 1.807) is 67.6 Å². The fraction of sp³-hybridized carbons (Fsp3) is 0.0385. The quantitative estimate of drug-likeness (QED) is 0.145. The number of carbonyl (C=O) groups excluding carboxylic acids is 2. The van der Waals surface area contributed by atoms with Crippen molar-refractivity contribution in [3.05, 3.63) is 102 Å². The Hall–Kier alpha value is -5.65. The highest BCUT2D eigenvalue weighted by atomic mass is 16.6. The molecule has 0 saturated carbocycles. The molecule has 0 aliphatic rings. The summed E-state index contributed by atoms with van der Waals surface area (Å²) in [6.45, 7) is 1.72. The van der Waals surface area contributed by atoms with Crippen LogP contribution in [0.4, 0.5) is 5.82 Å². The van der Waals surface area contributed by atoms with Crippen LogP contribution in [0.2, 0.25) is 0 Å². The molecule has 5 aromatic rings. The monoisotopic (exact) mass is 508 g/mol. The van der Waals surface area contributed by atoms with Gasteiger partial charge in [-0.1, -0.05) is 53.7 Å². The summed E-state index contributed by atoms with van der Waals surface area (Å²) in [7, 11) is 0. The fourth-order valence-electron chi connectivity index (χ4n) is 3.52. The Balaban J connectivity index is 1.35. The highest BCUT2D eigenvalue weighted by molar-refractivity contribution is 6.02. The van der Waals surface area contributed by atoms with Crippen molar-refractivity contribution >= 4 is 23.4 Å². The Labute approximate surface area is 215 Å². The highest BCUT2D eigenvalue weighted by Crippen LogP contribution is 2.24. The van der Waals surface area contributed by atoms with Gasteiger partial charge >= 0.3 is 5.97 Å². The Morgan fingerprint density at radius 2 is 1.61 bits per heavy atom. The van der Waals surface area contributed by atoms with Crippen molar-refractivity contribution in [1.82, 2.24) is 30.7 Å². The van der Waals surface area contributed by atoms with E-state index in [2.05, 4.69) is 35.8 Å². The summed E-state index contributed by atoms with van der Waals surface area (Å²) in [6.07, 6.45) is 0. The van der Waals surface area contributed by atoms with Gasteiger partial charge in [-0.15, -0.1) is 5.10 Å². The Kier molecular flexibility index (Phi) is 6.67. The molecule has 0 radical (unpaired) electrons. The highest BCUT2D eigenvalue weighted by Gasteiger charge is 2.26. The molecule has 0 saturated heterocycles. The van der Waals surface area contributed by atoms with E-state index in [-0.39, 0.29) is 17.3 Å². The number of hydrogen-bond donors (Lipinski definition) is 2. The second-order valence-electron chi connectivity index (χ2n) is 7.96. The van der Waals surface area contributed by atoms with Crippen molar-refractivity contribution in [1.29, 1.82) is 0 Å². The minimum Gasteiger partial charge on any atom is -0.423 e. The van der Waals surface area contributed by atoms with Gasteiger partial charge in [0.2, 0.25) is 11.6 Å². The predicted molar refractivity (Wildman–Crippen MR) is 137 cm³/mol. The Morgan fingerprint density at radius 1 is 0.921 bits per heavy atom.